The summed E-state index contributed by atoms with van der Waals surface area (Å²) in [6, 6.07) is 18.6. The molecule has 0 aromatic heterocycles. The van der Waals surface area contributed by atoms with Gasteiger partial charge in [0.1, 0.15) is 29.8 Å². The van der Waals surface area contributed by atoms with Crippen molar-refractivity contribution in [2.75, 3.05) is 19.0 Å². The van der Waals surface area contributed by atoms with Crippen LogP contribution in [0.5, 0.6) is 17.2 Å². The molecule has 0 bridgehead atoms. The number of benzene rings is 3. The molecule has 0 saturated carbocycles. The first-order valence-corrected chi connectivity index (χ1v) is 11.4. The van der Waals surface area contributed by atoms with E-state index in [1.165, 1.54) is 12.1 Å². The van der Waals surface area contributed by atoms with Gasteiger partial charge in [0.25, 0.3) is 5.91 Å². The van der Waals surface area contributed by atoms with E-state index in [0.29, 0.717) is 44.2 Å². The highest BCUT2D eigenvalue weighted by molar-refractivity contribution is 14.1. The molecule has 0 atom stereocenters. The molecule has 0 unspecified atom stereocenters. The number of nitrogens with one attached hydrogen (secondary N) is 1. The Morgan fingerprint density at radius 3 is 2.53 bits per heavy atom. The summed E-state index contributed by atoms with van der Waals surface area (Å²) in [5.74, 6) is 0.662. The zero-order valence-corrected chi connectivity index (χ0v) is 20.8. The molecule has 0 aliphatic carbocycles. The SMILES string of the molecule is CCOc1cc(/C=C(\C#N)C(=O)Nc2ccc(OC)cc2)cc(I)c1OCc1ccccc1F. The van der Waals surface area contributed by atoms with E-state index in [9.17, 15) is 14.4 Å². The predicted octanol–water partition coefficient (Wildman–Crippen LogP) is 5.96. The molecule has 0 spiro atoms. The van der Waals surface area contributed by atoms with Crippen LogP contribution in [0.15, 0.2) is 66.2 Å². The van der Waals surface area contributed by atoms with Crippen LogP contribution in [-0.2, 0) is 11.4 Å². The number of halogens is 2. The monoisotopic (exact) mass is 572 g/mol. The summed E-state index contributed by atoms with van der Waals surface area (Å²) >= 11 is 2.08. The lowest BCUT2D eigenvalue weighted by Crippen LogP contribution is -2.13. The number of methoxy groups -OCH3 is 1. The summed E-state index contributed by atoms with van der Waals surface area (Å²) in [5, 5.41) is 12.3. The lowest BCUT2D eigenvalue weighted by Gasteiger charge is -2.15. The molecule has 1 amide bonds. The Morgan fingerprint density at radius 1 is 1.15 bits per heavy atom. The zero-order chi connectivity index (χ0) is 24.5. The van der Waals surface area contributed by atoms with Crippen molar-refractivity contribution in [1.82, 2.24) is 0 Å². The molecule has 3 rings (SSSR count). The Morgan fingerprint density at radius 2 is 1.88 bits per heavy atom. The van der Waals surface area contributed by atoms with Gasteiger partial charge in [0, 0.05) is 11.3 Å². The molecule has 174 valence electrons. The number of carbonyl (C=O) groups excluding carboxylic acids is 1. The molecule has 8 heteroatoms. The van der Waals surface area contributed by atoms with Gasteiger partial charge >= 0.3 is 0 Å². The first kappa shape index (κ1) is 25.1. The molecule has 0 aliphatic rings. The second-order valence-electron chi connectivity index (χ2n) is 7.00. The van der Waals surface area contributed by atoms with E-state index in [4.69, 9.17) is 14.2 Å². The van der Waals surface area contributed by atoms with Gasteiger partial charge in [-0.25, -0.2) is 4.39 Å². The molecule has 0 heterocycles. The van der Waals surface area contributed by atoms with E-state index in [-0.39, 0.29) is 18.0 Å². The van der Waals surface area contributed by atoms with Gasteiger partial charge in [-0.05, 0) is 83.6 Å². The number of rotatable bonds is 9. The maximum Gasteiger partial charge on any atom is 0.266 e. The van der Waals surface area contributed by atoms with Crippen LogP contribution < -0.4 is 19.5 Å². The summed E-state index contributed by atoms with van der Waals surface area (Å²) in [6.45, 7) is 2.24. The maximum atomic E-state index is 14.0. The van der Waals surface area contributed by atoms with Crippen LogP contribution in [-0.4, -0.2) is 19.6 Å². The van der Waals surface area contributed by atoms with Crippen molar-refractivity contribution < 1.29 is 23.4 Å². The number of hydrogen-bond acceptors (Lipinski definition) is 5. The highest BCUT2D eigenvalue weighted by Gasteiger charge is 2.15. The van der Waals surface area contributed by atoms with E-state index >= 15 is 0 Å². The van der Waals surface area contributed by atoms with Crippen molar-refractivity contribution >= 4 is 40.3 Å². The van der Waals surface area contributed by atoms with Gasteiger partial charge in [-0.15, -0.1) is 0 Å². The molecule has 0 aliphatic heterocycles. The van der Waals surface area contributed by atoms with E-state index < -0.39 is 5.91 Å². The third-order valence-corrected chi connectivity index (χ3v) is 5.49. The largest absolute Gasteiger partial charge is 0.497 e. The molecule has 0 saturated heterocycles. The molecule has 6 nitrogen and oxygen atoms in total. The number of nitrogens with zero attached hydrogens (tertiary/aromatic N) is 1. The Labute approximate surface area is 211 Å². The number of anilines is 1. The Balaban J connectivity index is 1.83. The van der Waals surface area contributed by atoms with Gasteiger partial charge < -0.3 is 19.5 Å². The zero-order valence-electron chi connectivity index (χ0n) is 18.6. The minimum Gasteiger partial charge on any atom is -0.497 e. The topological polar surface area (TPSA) is 80.6 Å². The molecule has 1 N–H and O–H groups in total. The van der Waals surface area contributed by atoms with E-state index in [2.05, 4.69) is 27.9 Å². The Hall–Kier alpha value is -3.58. The van der Waals surface area contributed by atoms with Gasteiger partial charge in [-0.3, -0.25) is 4.79 Å². The molecule has 0 fully saturated rings. The number of nitriles is 1. The first-order chi connectivity index (χ1) is 16.4. The van der Waals surface area contributed by atoms with Crippen LogP contribution in [0.25, 0.3) is 6.08 Å². The fourth-order valence-corrected chi connectivity index (χ4v) is 3.81. The quantitative estimate of drug-likeness (QED) is 0.195. The van der Waals surface area contributed by atoms with Gasteiger partial charge in [0.2, 0.25) is 0 Å². The number of carbonyl (C=O) groups is 1. The van der Waals surface area contributed by atoms with E-state index in [0.717, 1.165) is 0 Å². The van der Waals surface area contributed by atoms with Crippen molar-refractivity contribution in [3.8, 4) is 23.3 Å². The summed E-state index contributed by atoms with van der Waals surface area (Å²) in [4.78, 5) is 12.6. The highest BCUT2D eigenvalue weighted by atomic mass is 127. The van der Waals surface area contributed by atoms with Crippen LogP contribution in [0.1, 0.15) is 18.1 Å². The van der Waals surface area contributed by atoms with Crippen LogP contribution in [0, 0.1) is 20.7 Å². The van der Waals surface area contributed by atoms with Crippen LogP contribution >= 0.6 is 22.6 Å². The van der Waals surface area contributed by atoms with Crippen molar-refractivity contribution in [1.29, 1.82) is 5.26 Å². The third-order valence-electron chi connectivity index (χ3n) is 4.69. The third kappa shape index (κ3) is 6.48. The van der Waals surface area contributed by atoms with Crippen molar-refractivity contribution in [2.24, 2.45) is 0 Å². The van der Waals surface area contributed by atoms with Crippen molar-refractivity contribution in [3.63, 3.8) is 0 Å². The van der Waals surface area contributed by atoms with Gasteiger partial charge in [0.15, 0.2) is 11.5 Å². The first-order valence-electron chi connectivity index (χ1n) is 10.3. The number of hydrogen-bond donors (Lipinski definition) is 1. The molecule has 3 aromatic carbocycles. The summed E-state index contributed by atoms with van der Waals surface area (Å²) in [7, 11) is 1.55. The van der Waals surface area contributed by atoms with Gasteiger partial charge in [-0.2, -0.15) is 5.26 Å². The fraction of sp³-hybridized carbons (Fsp3) is 0.154. The van der Waals surface area contributed by atoms with E-state index in [1.807, 2.05) is 13.0 Å². The van der Waals surface area contributed by atoms with Gasteiger partial charge in [0.05, 0.1) is 17.3 Å². The average molecular weight is 572 g/mol. The number of ether oxygens (including phenoxy) is 3. The molecule has 34 heavy (non-hydrogen) atoms. The summed E-state index contributed by atoms with van der Waals surface area (Å²) in [5.41, 5.74) is 1.47. The summed E-state index contributed by atoms with van der Waals surface area (Å²) in [6.07, 6.45) is 1.48. The smallest absolute Gasteiger partial charge is 0.266 e. The lowest BCUT2D eigenvalue weighted by molar-refractivity contribution is -0.112. The van der Waals surface area contributed by atoms with Crippen LogP contribution in [0.4, 0.5) is 10.1 Å². The predicted molar refractivity (Wildman–Crippen MR) is 136 cm³/mol. The van der Waals surface area contributed by atoms with Crippen LogP contribution in [0.2, 0.25) is 0 Å². The minimum atomic E-state index is -0.541. The second-order valence-corrected chi connectivity index (χ2v) is 8.16. The molecule has 3 aromatic rings. The standard InChI is InChI=1S/C26H22FIN2O4/c1-3-33-24-14-17(13-23(28)25(24)34-16-18-6-4-5-7-22(18)27)12-19(15-29)26(31)30-20-8-10-21(32-2)11-9-20/h4-14H,3,16H2,1-2H3,(H,30,31)/b19-12+. The highest BCUT2D eigenvalue weighted by Crippen LogP contribution is 2.35. The van der Waals surface area contributed by atoms with E-state index in [1.54, 1.807) is 61.7 Å². The van der Waals surface area contributed by atoms with Crippen molar-refractivity contribution in [2.45, 2.75) is 13.5 Å². The molecular formula is C26H22FIN2O4. The molecule has 0 radical (unpaired) electrons. The second kappa shape index (κ2) is 12.0. The molecular weight excluding hydrogens is 550 g/mol. The number of amides is 1. The maximum absolute atomic E-state index is 14.0. The lowest BCUT2D eigenvalue weighted by atomic mass is 10.1. The summed E-state index contributed by atoms with van der Waals surface area (Å²) < 4.78 is 31.4. The normalized spacial score (nSPS) is 10.9. The van der Waals surface area contributed by atoms with Crippen molar-refractivity contribution in [3.05, 3.63) is 86.8 Å². The fourth-order valence-electron chi connectivity index (χ4n) is 3.03. The average Bonchev–Trinajstić information content (AvgIpc) is 2.83. The Kier molecular flexibility index (Phi) is 8.87. The minimum absolute atomic E-state index is 0.0334. The van der Waals surface area contributed by atoms with Crippen LogP contribution in [0.3, 0.4) is 0 Å². The Bertz CT molecular complexity index is 1240. The van der Waals surface area contributed by atoms with Gasteiger partial charge in [-0.1, -0.05) is 18.2 Å².